The predicted octanol–water partition coefficient (Wildman–Crippen LogP) is 2.71. The van der Waals surface area contributed by atoms with E-state index >= 15 is 0 Å². The van der Waals surface area contributed by atoms with Crippen molar-refractivity contribution in [3.05, 3.63) is 35.9 Å². The largest absolute Gasteiger partial charge is 0.461 e. The smallest absolute Gasteiger partial charge is 0.307 e. The Labute approximate surface area is 148 Å². The average Bonchev–Trinajstić information content (AvgIpc) is 2.52. The van der Waals surface area contributed by atoms with Crippen molar-refractivity contribution in [1.82, 2.24) is 10.5 Å². The fourth-order valence-corrected chi connectivity index (χ4v) is 2.23. The first-order valence-corrected chi connectivity index (χ1v) is 8.29. The highest BCUT2D eigenvalue weighted by Gasteiger charge is 2.33. The monoisotopic (exact) mass is 352 g/mol. The number of hydrogen-bond donors (Lipinski definition) is 3. The molecule has 0 fully saturated rings. The predicted molar refractivity (Wildman–Crippen MR) is 91.4 cm³/mol. The van der Waals surface area contributed by atoms with Gasteiger partial charge in [-0.2, -0.15) is 0 Å². The molecular formula is C18H28N2O5. The molecule has 7 heteroatoms. The van der Waals surface area contributed by atoms with Gasteiger partial charge in [-0.1, -0.05) is 58.0 Å². The number of carbonyl (C=O) groups excluding carboxylic acids is 2. The molecule has 0 saturated heterocycles. The standard InChI is InChI=1S/C18H28N2O5/c1-13(2)10-15(20(23)24)19-17(22)18(3,4)11-16(21)25-12-14-8-6-5-7-9-14/h5-9,13,15,23-24H,10-12H2,1-4H3,(H,19,22)/t15-/m1/s1. The molecule has 1 atom stereocenters. The number of rotatable bonds is 9. The van der Waals surface area contributed by atoms with Crippen molar-refractivity contribution < 1.29 is 24.7 Å². The van der Waals surface area contributed by atoms with Gasteiger partial charge in [-0.3, -0.25) is 20.0 Å². The molecule has 1 aromatic carbocycles. The van der Waals surface area contributed by atoms with Crippen LogP contribution in [0.1, 0.15) is 46.1 Å². The van der Waals surface area contributed by atoms with Gasteiger partial charge in [0, 0.05) is 0 Å². The van der Waals surface area contributed by atoms with Crippen LogP contribution in [0.2, 0.25) is 0 Å². The Morgan fingerprint density at radius 2 is 1.80 bits per heavy atom. The zero-order valence-electron chi connectivity index (χ0n) is 15.2. The van der Waals surface area contributed by atoms with Crippen molar-refractivity contribution in [2.45, 2.75) is 53.3 Å². The summed E-state index contributed by atoms with van der Waals surface area (Å²) in [6.07, 6.45) is -0.698. The highest BCUT2D eigenvalue weighted by molar-refractivity contribution is 5.86. The molecule has 0 radical (unpaired) electrons. The molecule has 0 aliphatic heterocycles. The fraction of sp³-hybridized carbons (Fsp3) is 0.556. The zero-order valence-corrected chi connectivity index (χ0v) is 15.2. The van der Waals surface area contributed by atoms with Crippen molar-refractivity contribution in [1.29, 1.82) is 0 Å². The maximum atomic E-state index is 12.4. The number of ether oxygens (including phenoxy) is 1. The molecule has 0 bridgehead atoms. The molecule has 3 N–H and O–H groups in total. The normalized spacial score (nSPS) is 13.0. The van der Waals surface area contributed by atoms with Crippen LogP contribution in [0.25, 0.3) is 0 Å². The Kier molecular flexibility index (Phi) is 8.02. The number of esters is 1. The van der Waals surface area contributed by atoms with Gasteiger partial charge in [0.25, 0.3) is 0 Å². The summed E-state index contributed by atoms with van der Waals surface area (Å²) in [5.74, 6) is -0.803. The van der Waals surface area contributed by atoms with Crippen molar-refractivity contribution in [2.24, 2.45) is 11.3 Å². The maximum absolute atomic E-state index is 12.4. The van der Waals surface area contributed by atoms with Crippen LogP contribution in [0.4, 0.5) is 0 Å². The summed E-state index contributed by atoms with van der Waals surface area (Å²) in [5.41, 5.74) is -0.176. The molecule has 1 aromatic rings. The van der Waals surface area contributed by atoms with Crippen LogP contribution in [0.5, 0.6) is 0 Å². The van der Waals surface area contributed by atoms with Gasteiger partial charge in [0.05, 0.1) is 11.8 Å². The molecule has 0 aliphatic rings. The van der Waals surface area contributed by atoms with E-state index in [4.69, 9.17) is 4.74 Å². The number of benzene rings is 1. The first-order valence-electron chi connectivity index (χ1n) is 8.29. The Bertz CT molecular complexity index is 558. The van der Waals surface area contributed by atoms with E-state index < -0.39 is 23.5 Å². The van der Waals surface area contributed by atoms with Gasteiger partial charge in [-0.25, -0.2) is 0 Å². The summed E-state index contributed by atoms with van der Waals surface area (Å²) >= 11 is 0. The fourth-order valence-electron chi connectivity index (χ4n) is 2.23. The van der Waals surface area contributed by atoms with E-state index in [1.54, 1.807) is 13.8 Å². The lowest BCUT2D eigenvalue weighted by Crippen LogP contribution is -2.50. The van der Waals surface area contributed by atoms with Crippen LogP contribution in [0.15, 0.2) is 30.3 Å². The van der Waals surface area contributed by atoms with E-state index in [-0.39, 0.29) is 24.2 Å². The molecule has 0 aliphatic carbocycles. The Hall–Kier alpha value is -1.96. The van der Waals surface area contributed by atoms with E-state index in [2.05, 4.69) is 5.32 Å². The van der Waals surface area contributed by atoms with Crippen LogP contribution in [0.3, 0.4) is 0 Å². The second-order valence-electron chi connectivity index (χ2n) is 7.15. The van der Waals surface area contributed by atoms with Gasteiger partial charge in [-0.15, -0.1) is 0 Å². The highest BCUT2D eigenvalue weighted by Crippen LogP contribution is 2.22. The third-order valence-electron chi connectivity index (χ3n) is 3.71. The Morgan fingerprint density at radius 1 is 1.20 bits per heavy atom. The lowest BCUT2D eigenvalue weighted by Gasteiger charge is -2.29. The molecule has 1 rings (SSSR count). The summed E-state index contributed by atoms with van der Waals surface area (Å²) in [6, 6.07) is 9.27. The lowest BCUT2D eigenvalue weighted by molar-refractivity contribution is -0.337. The van der Waals surface area contributed by atoms with E-state index in [1.807, 2.05) is 44.2 Å². The van der Waals surface area contributed by atoms with E-state index in [9.17, 15) is 20.0 Å². The van der Waals surface area contributed by atoms with Crippen LogP contribution in [-0.2, 0) is 20.9 Å². The summed E-state index contributed by atoms with van der Waals surface area (Å²) in [7, 11) is 0. The number of nitrogens with one attached hydrogen (secondary N) is 1. The third kappa shape index (κ3) is 7.64. The second kappa shape index (κ2) is 9.50. The molecule has 0 aromatic heterocycles. The topological polar surface area (TPSA) is 99.1 Å². The first kappa shape index (κ1) is 21.1. The maximum Gasteiger partial charge on any atom is 0.307 e. The van der Waals surface area contributed by atoms with Crippen molar-refractivity contribution in [2.75, 3.05) is 0 Å². The first-order chi connectivity index (χ1) is 11.6. The lowest BCUT2D eigenvalue weighted by atomic mass is 9.88. The number of carbonyl (C=O) groups is 2. The summed E-state index contributed by atoms with van der Waals surface area (Å²) in [6.45, 7) is 7.16. The summed E-state index contributed by atoms with van der Waals surface area (Å²) in [4.78, 5) is 24.4. The van der Waals surface area contributed by atoms with Crippen molar-refractivity contribution >= 4 is 11.9 Å². The highest BCUT2D eigenvalue weighted by atomic mass is 16.8. The minimum Gasteiger partial charge on any atom is -0.461 e. The molecule has 0 unspecified atom stereocenters. The van der Waals surface area contributed by atoms with E-state index in [1.165, 1.54) is 0 Å². The SMILES string of the molecule is CC(C)C[C@H](NC(=O)C(C)(C)CC(=O)OCc1ccccc1)N(O)O. The Morgan fingerprint density at radius 3 is 2.32 bits per heavy atom. The van der Waals surface area contributed by atoms with E-state index in [0.717, 1.165) is 5.56 Å². The van der Waals surface area contributed by atoms with Gasteiger partial charge in [-0.05, 0) is 23.1 Å². The minimum atomic E-state index is -1.04. The van der Waals surface area contributed by atoms with Crippen molar-refractivity contribution in [3.63, 3.8) is 0 Å². The van der Waals surface area contributed by atoms with Crippen LogP contribution >= 0.6 is 0 Å². The minimum absolute atomic E-state index is 0.0122. The zero-order chi connectivity index (χ0) is 19.0. The molecule has 140 valence electrons. The number of amides is 1. The van der Waals surface area contributed by atoms with Crippen molar-refractivity contribution in [3.8, 4) is 0 Å². The number of nitrogens with zero attached hydrogens (tertiary/aromatic N) is 1. The van der Waals surface area contributed by atoms with Gasteiger partial charge in [0.1, 0.15) is 12.8 Å². The molecule has 25 heavy (non-hydrogen) atoms. The summed E-state index contributed by atoms with van der Waals surface area (Å²) < 4.78 is 5.20. The number of hydrogen-bond acceptors (Lipinski definition) is 6. The van der Waals surface area contributed by atoms with E-state index in [0.29, 0.717) is 6.42 Å². The third-order valence-corrected chi connectivity index (χ3v) is 3.71. The second-order valence-corrected chi connectivity index (χ2v) is 7.15. The molecule has 0 saturated carbocycles. The van der Waals surface area contributed by atoms with Gasteiger partial charge < -0.3 is 10.1 Å². The van der Waals surface area contributed by atoms with Crippen LogP contribution in [-0.4, -0.2) is 33.7 Å². The average molecular weight is 352 g/mol. The Balaban J connectivity index is 2.56. The quantitative estimate of drug-likeness (QED) is 0.359. The molecular weight excluding hydrogens is 324 g/mol. The van der Waals surface area contributed by atoms with Gasteiger partial charge >= 0.3 is 5.97 Å². The van der Waals surface area contributed by atoms with Crippen LogP contribution in [0, 0.1) is 11.3 Å². The van der Waals surface area contributed by atoms with Gasteiger partial charge in [0.15, 0.2) is 0 Å². The van der Waals surface area contributed by atoms with Gasteiger partial charge in [0.2, 0.25) is 5.91 Å². The molecule has 0 spiro atoms. The molecule has 7 nitrogen and oxygen atoms in total. The molecule has 0 heterocycles. The summed E-state index contributed by atoms with van der Waals surface area (Å²) in [5, 5.41) is 21.0. The van der Waals surface area contributed by atoms with Crippen LogP contribution < -0.4 is 5.32 Å². The molecule has 1 amide bonds. The number of hydroxylamine groups is 2.